The Hall–Kier alpha value is -2.08. The standard InChI is InChI=1S/C19H27N3O3/c1-14-3-4-15(11-17(14)25-2)12-19(24)22-9-7-21(8-10-22)13-18(23)20-16-5-6-16/h3-4,11,16H,5-10,12-13H2,1-2H3,(H,20,23). The van der Waals surface area contributed by atoms with Crippen molar-refractivity contribution in [2.24, 2.45) is 0 Å². The van der Waals surface area contributed by atoms with Crippen molar-refractivity contribution < 1.29 is 14.3 Å². The molecule has 25 heavy (non-hydrogen) atoms. The minimum Gasteiger partial charge on any atom is -0.496 e. The van der Waals surface area contributed by atoms with Crippen LogP contribution < -0.4 is 10.1 Å². The van der Waals surface area contributed by atoms with Gasteiger partial charge in [-0.1, -0.05) is 12.1 Å². The van der Waals surface area contributed by atoms with Gasteiger partial charge in [-0.3, -0.25) is 14.5 Å². The van der Waals surface area contributed by atoms with E-state index < -0.39 is 0 Å². The zero-order valence-electron chi connectivity index (χ0n) is 15.1. The van der Waals surface area contributed by atoms with Crippen molar-refractivity contribution in [2.45, 2.75) is 32.2 Å². The number of hydrogen-bond acceptors (Lipinski definition) is 4. The first-order chi connectivity index (χ1) is 12.0. The van der Waals surface area contributed by atoms with E-state index in [4.69, 9.17) is 4.74 Å². The van der Waals surface area contributed by atoms with Gasteiger partial charge in [0.25, 0.3) is 0 Å². The maximum absolute atomic E-state index is 12.5. The molecule has 1 aromatic rings. The molecule has 1 heterocycles. The largest absolute Gasteiger partial charge is 0.496 e. The molecule has 3 rings (SSSR count). The third-order valence-corrected chi connectivity index (χ3v) is 4.86. The number of hydrogen-bond donors (Lipinski definition) is 1. The van der Waals surface area contributed by atoms with Crippen molar-refractivity contribution in [2.75, 3.05) is 39.8 Å². The van der Waals surface area contributed by atoms with Gasteiger partial charge in [-0.05, 0) is 37.0 Å². The summed E-state index contributed by atoms with van der Waals surface area (Å²) in [5, 5.41) is 3.01. The SMILES string of the molecule is COc1cc(CC(=O)N2CCN(CC(=O)NC3CC3)CC2)ccc1C. The molecule has 136 valence electrons. The lowest BCUT2D eigenvalue weighted by Crippen LogP contribution is -2.51. The van der Waals surface area contributed by atoms with Crippen LogP contribution in [0.1, 0.15) is 24.0 Å². The van der Waals surface area contributed by atoms with Gasteiger partial charge in [0.05, 0.1) is 20.1 Å². The highest BCUT2D eigenvalue weighted by atomic mass is 16.5. The number of amides is 2. The Kier molecular flexibility index (Phi) is 5.58. The van der Waals surface area contributed by atoms with Gasteiger partial charge in [-0.25, -0.2) is 0 Å². The molecule has 0 radical (unpaired) electrons. The first-order valence-electron chi connectivity index (χ1n) is 8.98. The van der Waals surface area contributed by atoms with Crippen LogP contribution in [0, 0.1) is 6.92 Å². The number of nitrogens with one attached hydrogen (secondary N) is 1. The number of piperazine rings is 1. The van der Waals surface area contributed by atoms with Crippen LogP contribution in [0.4, 0.5) is 0 Å². The van der Waals surface area contributed by atoms with E-state index in [9.17, 15) is 9.59 Å². The number of aryl methyl sites for hydroxylation is 1. The van der Waals surface area contributed by atoms with Gasteiger partial charge in [0.15, 0.2) is 0 Å². The number of rotatable bonds is 6. The summed E-state index contributed by atoms with van der Waals surface area (Å²) in [6.07, 6.45) is 2.61. The molecule has 1 saturated carbocycles. The fourth-order valence-electron chi connectivity index (χ4n) is 3.12. The number of methoxy groups -OCH3 is 1. The maximum Gasteiger partial charge on any atom is 0.234 e. The van der Waals surface area contributed by atoms with E-state index in [1.54, 1.807) is 7.11 Å². The van der Waals surface area contributed by atoms with Gasteiger partial charge in [0, 0.05) is 32.2 Å². The Labute approximate surface area is 149 Å². The van der Waals surface area contributed by atoms with Crippen LogP contribution in [0.25, 0.3) is 0 Å². The monoisotopic (exact) mass is 345 g/mol. The van der Waals surface area contributed by atoms with Crippen LogP contribution in [-0.2, 0) is 16.0 Å². The molecule has 0 unspecified atom stereocenters. The molecule has 1 aliphatic heterocycles. The fourth-order valence-corrected chi connectivity index (χ4v) is 3.12. The smallest absolute Gasteiger partial charge is 0.234 e. The van der Waals surface area contributed by atoms with E-state index in [0.29, 0.717) is 32.1 Å². The van der Waals surface area contributed by atoms with Crippen LogP contribution in [-0.4, -0.2) is 67.5 Å². The Morgan fingerprint density at radius 2 is 1.92 bits per heavy atom. The third kappa shape index (κ3) is 4.95. The number of carbonyl (C=O) groups excluding carboxylic acids is 2. The highest BCUT2D eigenvalue weighted by Crippen LogP contribution is 2.20. The average molecular weight is 345 g/mol. The number of benzene rings is 1. The van der Waals surface area contributed by atoms with Crippen molar-refractivity contribution in [1.82, 2.24) is 15.1 Å². The summed E-state index contributed by atoms with van der Waals surface area (Å²) in [4.78, 5) is 28.4. The van der Waals surface area contributed by atoms with Crippen molar-refractivity contribution in [3.63, 3.8) is 0 Å². The minimum atomic E-state index is 0.106. The molecule has 1 N–H and O–H groups in total. The predicted octanol–water partition coefficient (Wildman–Crippen LogP) is 0.969. The zero-order chi connectivity index (χ0) is 17.8. The first kappa shape index (κ1) is 17.7. The Morgan fingerprint density at radius 1 is 1.20 bits per heavy atom. The highest BCUT2D eigenvalue weighted by molar-refractivity contribution is 5.80. The molecule has 0 spiro atoms. The predicted molar refractivity (Wildman–Crippen MR) is 95.6 cm³/mol. The molecule has 2 amide bonds. The van der Waals surface area contributed by atoms with E-state index in [1.807, 2.05) is 30.0 Å². The van der Waals surface area contributed by atoms with E-state index in [-0.39, 0.29) is 11.8 Å². The molecule has 6 nitrogen and oxygen atoms in total. The van der Waals surface area contributed by atoms with Crippen LogP contribution in [0.2, 0.25) is 0 Å². The minimum absolute atomic E-state index is 0.106. The lowest BCUT2D eigenvalue weighted by Gasteiger charge is -2.34. The summed E-state index contributed by atoms with van der Waals surface area (Å²) in [5.41, 5.74) is 2.04. The molecule has 2 fully saturated rings. The third-order valence-electron chi connectivity index (χ3n) is 4.86. The van der Waals surface area contributed by atoms with Gasteiger partial charge in [0.2, 0.25) is 11.8 Å². The van der Waals surface area contributed by atoms with Crippen molar-refractivity contribution in [3.8, 4) is 5.75 Å². The summed E-state index contributed by atoms with van der Waals surface area (Å²) in [7, 11) is 1.65. The zero-order valence-corrected chi connectivity index (χ0v) is 15.1. The van der Waals surface area contributed by atoms with Gasteiger partial charge in [0.1, 0.15) is 5.75 Å². The molecule has 0 aromatic heterocycles. The molecular formula is C19H27N3O3. The van der Waals surface area contributed by atoms with Crippen molar-refractivity contribution >= 4 is 11.8 Å². The summed E-state index contributed by atoms with van der Waals surface area (Å²) in [5.74, 6) is 1.05. The second-order valence-corrected chi connectivity index (χ2v) is 6.98. The Morgan fingerprint density at radius 3 is 2.56 bits per heavy atom. The van der Waals surface area contributed by atoms with Crippen LogP contribution in [0.15, 0.2) is 18.2 Å². The normalized spacial score (nSPS) is 18.1. The summed E-state index contributed by atoms with van der Waals surface area (Å²) in [6, 6.07) is 6.31. The quantitative estimate of drug-likeness (QED) is 0.835. The van der Waals surface area contributed by atoms with Crippen LogP contribution >= 0.6 is 0 Å². The summed E-state index contributed by atoms with van der Waals surface area (Å²) >= 11 is 0. The lowest BCUT2D eigenvalue weighted by molar-refractivity contribution is -0.132. The number of nitrogens with zero attached hydrogens (tertiary/aromatic N) is 2. The Bertz CT molecular complexity index is 635. The molecular weight excluding hydrogens is 318 g/mol. The molecule has 1 saturated heterocycles. The lowest BCUT2D eigenvalue weighted by atomic mass is 10.1. The van der Waals surface area contributed by atoms with E-state index in [2.05, 4.69) is 10.2 Å². The average Bonchev–Trinajstić information content (AvgIpc) is 3.41. The van der Waals surface area contributed by atoms with Gasteiger partial charge in [-0.2, -0.15) is 0 Å². The van der Waals surface area contributed by atoms with Crippen LogP contribution in [0.5, 0.6) is 5.75 Å². The first-order valence-corrected chi connectivity index (χ1v) is 8.98. The molecule has 1 aromatic carbocycles. The van der Waals surface area contributed by atoms with Gasteiger partial charge < -0.3 is 15.0 Å². The van der Waals surface area contributed by atoms with Crippen LogP contribution in [0.3, 0.4) is 0 Å². The number of ether oxygens (including phenoxy) is 1. The summed E-state index contributed by atoms with van der Waals surface area (Å²) < 4.78 is 5.33. The summed E-state index contributed by atoms with van der Waals surface area (Å²) in [6.45, 7) is 5.29. The van der Waals surface area contributed by atoms with Gasteiger partial charge >= 0.3 is 0 Å². The van der Waals surface area contributed by atoms with Crippen molar-refractivity contribution in [1.29, 1.82) is 0 Å². The second kappa shape index (κ2) is 7.87. The van der Waals surface area contributed by atoms with E-state index in [1.165, 1.54) is 0 Å². The molecule has 6 heteroatoms. The topological polar surface area (TPSA) is 61.9 Å². The maximum atomic E-state index is 12.5. The van der Waals surface area contributed by atoms with E-state index in [0.717, 1.165) is 42.8 Å². The van der Waals surface area contributed by atoms with E-state index >= 15 is 0 Å². The fraction of sp³-hybridized carbons (Fsp3) is 0.579. The van der Waals surface area contributed by atoms with Crippen molar-refractivity contribution in [3.05, 3.63) is 29.3 Å². The second-order valence-electron chi connectivity index (χ2n) is 6.98. The molecule has 0 atom stereocenters. The molecule has 2 aliphatic rings. The number of carbonyl (C=O) groups is 2. The Balaban J connectivity index is 1.45. The molecule has 1 aliphatic carbocycles. The highest BCUT2D eigenvalue weighted by Gasteiger charge is 2.26. The molecule has 0 bridgehead atoms. The van der Waals surface area contributed by atoms with Gasteiger partial charge in [-0.15, -0.1) is 0 Å².